The molecule has 1 aromatic heterocycles. The molecule has 0 atom stereocenters. The fourth-order valence-corrected chi connectivity index (χ4v) is 1.83. The van der Waals surface area contributed by atoms with Crippen LogP contribution < -0.4 is 0 Å². The highest BCUT2D eigenvalue weighted by molar-refractivity contribution is 9.10. The molecule has 0 fully saturated rings. The summed E-state index contributed by atoms with van der Waals surface area (Å²) in [6.45, 7) is 0. The van der Waals surface area contributed by atoms with Crippen LogP contribution in [0.2, 0.25) is 0 Å². The maximum atomic E-state index is 12.5. The van der Waals surface area contributed by atoms with Crippen molar-refractivity contribution in [3.8, 4) is 0 Å². The van der Waals surface area contributed by atoms with Gasteiger partial charge < -0.3 is 0 Å². The molecule has 0 unspecified atom stereocenters. The minimum absolute atomic E-state index is 0.302. The van der Waals surface area contributed by atoms with Crippen molar-refractivity contribution in [3.63, 3.8) is 0 Å². The number of hydrogen-bond donors (Lipinski definition) is 0. The molecule has 0 spiro atoms. The van der Waals surface area contributed by atoms with E-state index in [9.17, 15) is 22.0 Å². The highest BCUT2D eigenvalue weighted by Gasteiger charge is 2.37. The van der Waals surface area contributed by atoms with Gasteiger partial charge in [-0.2, -0.15) is 13.2 Å². The van der Waals surface area contributed by atoms with Crippen LogP contribution in [-0.4, -0.2) is 4.98 Å². The summed E-state index contributed by atoms with van der Waals surface area (Å²) in [5, 5.41) is 0. The Kier molecular flexibility index (Phi) is 4.12. The van der Waals surface area contributed by atoms with Crippen LogP contribution in [0.3, 0.4) is 0 Å². The number of alkyl halides is 6. The molecule has 8 heteroatoms. The topological polar surface area (TPSA) is 12.9 Å². The van der Waals surface area contributed by atoms with E-state index < -0.39 is 35.3 Å². The molecule has 0 aliphatic heterocycles. The molecule has 1 nitrogen and oxygen atoms in total. The van der Waals surface area contributed by atoms with Gasteiger partial charge in [-0.15, -0.1) is 11.6 Å². The first-order chi connectivity index (χ1) is 7.27. The van der Waals surface area contributed by atoms with Crippen LogP contribution in [-0.2, 0) is 12.1 Å². The van der Waals surface area contributed by atoms with E-state index in [1.807, 2.05) is 0 Å². The highest BCUT2D eigenvalue weighted by Crippen LogP contribution is 2.37. The van der Waals surface area contributed by atoms with Crippen molar-refractivity contribution in [2.75, 3.05) is 0 Å². The lowest BCUT2D eigenvalue weighted by molar-refractivity contribution is -0.141. The van der Waals surface area contributed by atoms with E-state index in [0.717, 1.165) is 6.07 Å². The summed E-state index contributed by atoms with van der Waals surface area (Å²) in [6, 6.07) is 0.831. The number of halogens is 7. The van der Waals surface area contributed by atoms with Crippen LogP contribution in [0.15, 0.2) is 10.7 Å². The molecule has 0 N–H and O–H groups in total. The number of hydrogen-bond acceptors (Lipinski definition) is 1. The van der Waals surface area contributed by atoms with E-state index in [1.54, 1.807) is 0 Å². The first kappa shape index (κ1) is 13.6. The number of rotatable bonds is 2. The van der Waals surface area contributed by atoms with Crippen LogP contribution in [0.1, 0.15) is 23.2 Å². The fourth-order valence-electron chi connectivity index (χ4n) is 1.13. The Bertz CT molecular complexity index is 393. The molecule has 0 radical (unpaired) electrons. The van der Waals surface area contributed by atoms with E-state index in [1.165, 1.54) is 0 Å². The van der Waals surface area contributed by atoms with Crippen molar-refractivity contribution < 1.29 is 22.0 Å². The second kappa shape index (κ2) is 4.83. The maximum Gasteiger partial charge on any atom is 0.433 e. The maximum absolute atomic E-state index is 12.5. The summed E-state index contributed by atoms with van der Waals surface area (Å²) in [6.07, 6.45) is -7.84. The number of nitrogens with zero attached hydrogens (tertiary/aromatic N) is 1. The van der Waals surface area contributed by atoms with Crippen molar-refractivity contribution in [1.82, 2.24) is 4.98 Å². The van der Waals surface area contributed by atoms with E-state index in [2.05, 4.69) is 20.9 Å². The van der Waals surface area contributed by atoms with Gasteiger partial charge in [0.15, 0.2) is 5.69 Å². The molecule has 1 aromatic rings. The summed E-state index contributed by atoms with van der Waals surface area (Å²) >= 11 is 7.90. The Hall–Kier alpha value is -0.430. The van der Waals surface area contributed by atoms with Crippen LogP contribution in [0.4, 0.5) is 22.0 Å². The Morgan fingerprint density at radius 2 is 1.94 bits per heavy atom. The Labute approximate surface area is 101 Å². The lowest BCUT2D eigenvalue weighted by Gasteiger charge is -2.14. The Morgan fingerprint density at radius 3 is 2.31 bits per heavy atom. The van der Waals surface area contributed by atoms with Crippen molar-refractivity contribution in [2.45, 2.75) is 18.5 Å². The normalized spacial score (nSPS) is 12.2. The second-order valence-corrected chi connectivity index (χ2v) is 3.87. The predicted molar refractivity (Wildman–Crippen MR) is 51.5 cm³/mol. The van der Waals surface area contributed by atoms with Gasteiger partial charge in [0.25, 0.3) is 6.43 Å². The quantitative estimate of drug-likeness (QED) is 0.442. The highest BCUT2D eigenvalue weighted by atomic mass is 79.9. The minimum atomic E-state index is -4.81. The summed E-state index contributed by atoms with van der Waals surface area (Å²) in [5.41, 5.74) is -2.83. The van der Waals surface area contributed by atoms with Gasteiger partial charge in [-0.25, -0.2) is 13.8 Å². The fraction of sp³-hybridized carbons (Fsp3) is 0.375. The molecule has 0 aliphatic rings. The monoisotopic (exact) mass is 323 g/mol. The average molecular weight is 324 g/mol. The number of aromatic nitrogens is 1. The molecule has 0 amide bonds. The molecule has 0 saturated heterocycles. The molecule has 1 rings (SSSR count). The zero-order valence-electron chi connectivity index (χ0n) is 7.45. The molecular formula is C8H4BrClF5N. The lowest BCUT2D eigenvalue weighted by Crippen LogP contribution is -2.14. The third-order valence-corrected chi connectivity index (χ3v) is 2.44. The molecule has 0 aliphatic carbocycles. The van der Waals surface area contributed by atoms with Gasteiger partial charge in [-0.05, 0) is 22.0 Å². The van der Waals surface area contributed by atoms with Crippen molar-refractivity contribution in [1.29, 1.82) is 0 Å². The summed E-state index contributed by atoms with van der Waals surface area (Å²) in [7, 11) is 0. The molecule has 0 bridgehead atoms. The Morgan fingerprint density at radius 1 is 1.38 bits per heavy atom. The molecule has 0 saturated carbocycles. The summed E-state index contributed by atoms with van der Waals surface area (Å²) < 4.78 is 62.1. The van der Waals surface area contributed by atoms with Crippen LogP contribution in [0.5, 0.6) is 0 Å². The van der Waals surface area contributed by atoms with Gasteiger partial charge in [0, 0.05) is 17.0 Å². The minimum Gasteiger partial charge on any atom is -0.236 e. The van der Waals surface area contributed by atoms with Crippen LogP contribution in [0, 0.1) is 0 Å². The zero-order chi connectivity index (χ0) is 12.5. The molecule has 16 heavy (non-hydrogen) atoms. The standard InChI is InChI=1S/C8H4BrClF5N/c9-5-1-3(7(11)12)4(2-10)6(16-5)8(13,14)15/h1,7H,2H2. The van der Waals surface area contributed by atoms with Crippen molar-refractivity contribution >= 4 is 27.5 Å². The van der Waals surface area contributed by atoms with Gasteiger partial charge >= 0.3 is 6.18 Å². The third-order valence-electron chi connectivity index (χ3n) is 1.76. The summed E-state index contributed by atoms with van der Waals surface area (Å²) in [4.78, 5) is 3.13. The van der Waals surface area contributed by atoms with Crippen LogP contribution >= 0.6 is 27.5 Å². The first-order valence-corrected chi connectivity index (χ1v) is 5.20. The second-order valence-electron chi connectivity index (χ2n) is 2.79. The molecule has 0 aromatic carbocycles. The predicted octanol–water partition coefficient (Wildman–Crippen LogP) is 4.54. The zero-order valence-corrected chi connectivity index (χ0v) is 9.80. The largest absolute Gasteiger partial charge is 0.433 e. The van der Waals surface area contributed by atoms with Gasteiger partial charge in [0.2, 0.25) is 0 Å². The number of pyridine rings is 1. The third kappa shape index (κ3) is 2.82. The molecule has 90 valence electrons. The average Bonchev–Trinajstić information content (AvgIpc) is 2.14. The van der Waals surface area contributed by atoms with Gasteiger partial charge in [-0.1, -0.05) is 0 Å². The van der Waals surface area contributed by atoms with Crippen molar-refractivity contribution in [2.24, 2.45) is 0 Å². The van der Waals surface area contributed by atoms with Crippen LogP contribution in [0.25, 0.3) is 0 Å². The molecular weight excluding hydrogens is 320 g/mol. The van der Waals surface area contributed by atoms with E-state index in [4.69, 9.17) is 11.6 Å². The van der Waals surface area contributed by atoms with E-state index in [0.29, 0.717) is 0 Å². The van der Waals surface area contributed by atoms with Gasteiger partial charge in [-0.3, -0.25) is 0 Å². The summed E-state index contributed by atoms with van der Waals surface area (Å²) in [5.74, 6) is -0.672. The smallest absolute Gasteiger partial charge is 0.236 e. The van der Waals surface area contributed by atoms with Crippen molar-refractivity contribution in [3.05, 3.63) is 27.5 Å². The van der Waals surface area contributed by atoms with E-state index in [-0.39, 0.29) is 4.60 Å². The van der Waals surface area contributed by atoms with Gasteiger partial charge in [0.05, 0.1) is 0 Å². The van der Waals surface area contributed by atoms with Gasteiger partial charge in [0.1, 0.15) is 4.60 Å². The van der Waals surface area contributed by atoms with E-state index >= 15 is 0 Å². The Balaban J connectivity index is 3.49. The first-order valence-electron chi connectivity index (χ1n) is 3.88. The molecule has 1 heterocycles. The lowest BCUT2D eigenvalue weighted by atomic mass is 10.1. The SMILES string of the molecule is FC(F)c1cc(Br)nc(C(F)(F)F)c1CCl.